The lowest BCUT2D eigenvalue weighted by atomic mass is 10.1. The zero-order valence-corrected chi connectivity index (χ0v) is 12.2. The maximum Gasteiger partial charge on any atom is 0.0598 e. The van der Waals surface area contributed by atoms with Crippen molar-refractivity contribution in [2.24, 2.45) is 0 Å². The number of aromatic nitrogens is 1. The second kappa shape index (κ2) is 6.01. The molecule has 0 atom stereocenters. The number of anilines is 1. The summed E-state index contributed by atoms with van der Waals surface area (Å²) in [6.07, 6.45) is 3.76. The van der Waals surface area contributed by atoms with Gasteiger partial charge in [0.05, 0.1) is 11.9 Å². The van der Waals surface area contributed by atoms with Gasteiger partial charge in [-0.3, -0.25) is 4.98 Å². The highest BCUT2D eigenvalue weighted by molar-refractivity contribution is 5.51. The van der Waals surface area contributed by atoms with Gasteiger partial charge < -0.3 is 10.2 Å². The zero-order valence-electron chi connectivity index (χ0n) is 12.2. The number of nitrogens with one attached hydrogen (secondary N) is 1. The standard InChI is InChI=1S/C15H25N3/c1-12(2)11-18(6)14-10-16-8-7-13(14)9-17-15(3,4)5/h7-8,10,17H,1,9,11H2,2-6H3. The van der Waals surface area contributed by atoms with E-state index in [-0.39, 0.29) is 5.54 Å². The van der Waals surface area contributed by atoms with Gasteiger partial charge in [-0.1, -0.05) is 12.2 Å². The third kappa shape index (κ3) is 4.88. The molecule has 3 nitrogen and oxygen atoms in total. The van der Waals surface area contributed by atoms with Gasteiger partial charge in [-0.05, 0) is 39.3 Å². The molecule has 0 aliphatic rings. The number of rotatable bonds is 5. The van der Waals surface area contributed by atoms with Gasteiger partial charge in [0, 0.05) is 31.9 Å². The van der Waals surface area contributed by atoms with Crippen LogP contribution in [0.25, 0.3) is 0 Å². The van der Waals surface area contributed by atoms with Crippen molar-refractivity contribution in [3.8, 4) is 0 Å². The maximum absolute atomic E-state index is 4.22. The van der Waals surface area contributed by atoms with Gasteiger partial charge in [0.1, 0.15) is 0 Å². The van der Waals surface area contributed by atoms with Crippen LogP contribution < -0.4 is 10.2 Å². The summed E-state index contributed by atoms with van der Waals surface area (Å²) in [7, 11) is 2.08. The number of nitrogens with zero attached hydrogens (tertiary/aromatic N) is 2. The SMILES string of the molecule is C=C(C)CN(C)c1cnccc1CNC(C)(C)C. The molecule has 18 heavy (non-hydrogen) atoms. The zero-order chi connectivity index (χ0) is 13.8. The first-order valence-corrected chi connectivity index (χ1v) is 6.33. The van der Waals surface area contributed by atoms with E-state index in [1.165, 1.54) is 5.56 Å². The van der Waals surface area contributed by atoms with E-state index >= 15 is 0 Å². The van der Waals surface area contributed by atoms with Gasteiger partial charge in [-0.15, -0.1) is 0 Å². The van der Waals surface area contributed by atoms with E-state index in [1.54, 1.807) is 0 Å². The van der Waals surface area contributed by atoms with Crippen LogP contribution in [0.4, 0.5) is 5.69 Å². The Morgan fingerprint density at radius 2 is 2.11 bits per heavy atom. The molecule has 3 heteroatoms. The normalized spacial score (nSPS) is 11.4. The van der Waals surface area contributed by atoms with Crippen LogP contribution in [0.3, 0.4) is 0 Å². The molecule has 0 saturated heterocycles. The van der Waals surface area contributed by atoms with Crippen molar-refractivity contribution in [1.82, 2.24) is 10.3 Å². The van der Waals surface area contributed by atoms with E-state index in [0.717, 1.165) is 24.4 Å². The van der Waals surface area contributed by atoms with Crippen molar-refractivity contribution in [2.45, 2.75) is 39.8 Å². The molecule has 1 N–H and O–H groups in total. The van der Waals surface area contributed by atoms with Crippen LogP contribution in [-0.4, -0.2) is 24.1 Å². The highest BCUT2D eigenvalue weighted by Gasteiger charge is 2.12. The molecule has 1 rings (SSSR count). The number of pyridine rings is 1. The van der Waals surface area contributed by atoms with E-state index < -0.39 is 0 Å². The monoisotopic (exact) mass is 247 g/mol. The van der Waals surface area contributed by atoms with Crippen LogP contribution in [0.15, 0.2) is 30.6 Å². The fourth-order valence-corrected chi connectivity index (χ4v) is 1.76. The quantitative estimate of drug-likeness (QED) is 0.811. The van der Waals surface area contributed by atoms with E-state index in [0.29, 0.717) is 0 Å². The fraction of sp³-hybridized carbons (Fsp3) is 0.533. The second-order valence-electron chi connectivity index (χ2n) is 5.92. The highest BCUT2D eigenvalue weighted by Crippen LogP contribution is 2.19. The Bertz CT molecular complexity index is 404. The first-order chi connectivity index (χ1) is 8.29. The van der Waals surface area contributed by atoms with Gasteiger partial charge in [0.2, 0.25) is 0 Å². The molecule has 0 aliphatic carbocycles. The summed E-state index contributed by atoms with van der Waals surface area (Å²) in [4.78, 5) is 6.41. The molecule has 0 bridgehead atoms. The number of likely N-dealkylation sites (N-methyl/N-ethyl adjacent to an activating group) is 1. The van der Waals surface area contributed by atoms with Crippen LogP contribution in [0, 0.1) is 0 Å². The third-order valence-electron chi connectivity index (χ3n) is 2.62. The lowest BCUT2D eigenvalue weighted by molar-refractivity contribution is 0.424. The lowest BCUT2D eigenvalue weighted by Crippen LogP contribution is -2.35. The van der Waals surface area contributed by atoms with E-state index in [4.69, 9.17) is 0 Å². The summed E-state index contributed by atoms with van der Waals surface area (Å²) in [5, 5.41) is 3.51. The van der Waals surface area contributed by atoms with Crippen molar-refractivity contribution >= 4 is 5.69 Å². The minimum Gasteiger partial charge on any atom is -0.369 e. The molecule has 0 aliphatic heterocycles. The van der Waals surface area contributed by atoms with Gasteiger partial charge in [-0.2, -0.15) is 0 Å². The van der Waals surface area contributed by atoms with Crippen molar-refractivity contribution in [2.75, 3.05) is 18.5 Å². The summed E-state index contributed by atoms with van der Waals surface area (Å²) in [5.41, 5.74) is 3.70. The smallest absolute Gasteiger partial charge is 0.0598 e. The Labute approximate surface area is 111 Å². The number of hydrogen-bond donors (Lipinski definition) is 1. The minimum absolute atomic E-state index is 0.119. The van der Waals surface area contributed by atoms with Crippen molar-refractivity contribution < 1.29 is 0 Å². The Hall–Kier alpha value is -1.35. The molecule has 1 aromatic heterocycles. The largest absolute Gasteiger partial charge is 0.369 e. The third-order valence-corrected chi connectivity index (χ3v) is 2.62. The Kier molecular flexibility index (Phi) is 4.91. The topological polar surface area (TPSA) is 28.2 Å². The molecule has 1 aromatic rings. The molecule has 0 amide bonds. The van der Waals surface area contributed by atoms with Gasteiger partial charge in [0.25, 0.3) is 0 Å². The van der Waals surface area contributed by atoms with E-state index in [2.05, 4.69) is 55.7 Å². The summed E-state index contributed by atoms with van der Waals surface area (Å²) in [6, 6.07) is 2.07. The van der Waals surface area contributed by atoms with Crippen molar-refractivity contribution in [3.05, 3.63) is 36.2 Å². The van der Waals surface area contributed by atoms with Gasteiger partial charge >= 0.3 is 0 Å². The average molecular weight is 247 g/mol. The summed E-state index contributed by atoms with van der Waals surface area (Å²) >= 11 is 0. The predicted molar refractivity (Wildman–Crippen MR) is 78.9 cm³/mol. The molecule has 0 aromatic carbocycles. The van der Waals surface area contributed by atoms with Crippen LogP contribution in [-0.2, 0) is 6.54 Å². The molecule has 1 heterocycles. The maximum atomic E-state index is 4.22. The molecule has 0 unspecified atom stereocenters. The Morgan fingerprint density at radius 3 is 2.67 bits per heavy atom. The molecular weight excluding hydrogens is 222 g/mol. The summed E-state index contributed by atoms with van der Waals surface area (Å²) < 4.78 is 0. The predicted octanol–water partition coefficient (Wildman–Crippen LogP) is 2.98. The van der Waals surface area contributed by atoms with E-state index in [1.807, 2.05) is 19.3 Å². The molecular formula is C15H25N3. The average Bonchev–Trinajstić information content (AvgIpc) is 2.25. The van der Waals surface area contributed by atoms with Crippen LogP contribution >= 0.6 is 0 Å². The number of hydrogen-bond acceptors (Lipinski definition) is 3. The van der Waals surface area contributed by atoms with Gasteiger partial charge in [-0.25, -0.2) is 0 Å². The summed E-state index contributed by atoms with van der Waals surface area (Å²) in [5.74, 6) is 0. The molecule has 0 radical (unpaired) electrons. The van der Waals surface area contributed by atoms with Crippen molar-refractivity contribution in [3.63, 3.8) is 0 Å². The van der Waals surface area contributed by atoms with Crippen molar-refractivity contribution in [1.29, 1.82) is 0 Å². The first-order valence-electron chi connectivity index (χ1n) is 6.33. The fourth-order valence-electron chi connectivity index (χ4n) is 1.76. The van der Waals surface area contributed by atoms with Crippen LogP contribution in [0.2, 0.25) is 0 Å². The minimum atomic E-state index is 0.119. The first kappa shape index (κ1) is 14.7. The van der Waals surface area contributed by atoms with E-state index in [9.17, 15) is 0 Å². The van der Waals surface area contributed by atoms with Gasteiger partial charge in [0.15, 0.2) is 0 Å². The van der Waals surface area contributed by atoms with Crippen LogP contribution in [0.1, 0.15) is 33.3 Å². The highest BCUT2D eigenvalue weighted by atomic mass is 15.1. The molecule has 0 fully saturated rings. The Balaban J connectivity index is 2.82. The molecule has 0 saturated carbocycles. The molecule has 0 spiro atoms. The lowest BCUT2D eigenvalue weighted by Gasteiger charge is -2.25. The summed E-state index contributed by atoms with van der Waals surface area (Å²) in [6.45, 7) is 14.2. The Morgan fingerprint density at radius 1 is 1.44 bits per heavy atom. The second-order valence-corrected chi connectivity index (χ2v) is 5.92. The molecule has 100 valence electrons. The van der Waals surface area contributed by atoms with Crippen LogP contribution in [0.5, 0.6) is 0 Å².